The molecule has 1 unspecified atom stereocenters. The van der Waals surface area contributed by atoms with Gasteiger partial charge in [0.1, 0.15) is 12.0 Å². The Morgan fingerprint density at radius 1 is 1.50 bits per heavy atom. The smallest absolute Gasteiger partial charge is 0.302 e. The van der Waals surface area contributed by atoms with Crippen LogP contribution < -0.4 is 4.90 Å². The molecule has 1 amide bonds. The second-order valence-corrected chi connectivity index (χ2v) is 5.07. The largest absolute Gasteiger partial charge is 0.464 e. The van der Waals surface area contributed by atoms with Crippen molar-refractivity contribution in [1.29, 1.82) is 0 Å². The van der Waals surface area contributed by atoms with Gasteiger partial charge in [-0.05, 0) is 30.7 Å². The molecule has 0 saturated carbocycles. The molecule has 0 bridgehead atoms. The molecule has 0 spiro atoms. The standard InChI is InChI=1S/C13H14ClNO3/c1-8(16)18-7-13(2)10-6-9(14)4-5-11(10)15(3)12(13)17/h4-6H,7H2,1-3H3. The first kappa shape index (κ1) is 12.9. The minimum atomic E-state index is -0.860. The van der Waals surface area contributed by atoms with Crippen molar-refractivity contribution in [2.24, 2.45) is 0 Å². The number of benzene rings is 1. The monoisotopic (exact) mass is 267 g/mol. The lowest BCUT2D eigenvalue weighted by molar-refractivity contribution is -0.144. The SMILES string of the molecule is CC(=O)OCC1(C)C(=O)N(C)c2ccc(Cl)cc21. The van der Waals surface area contributed by atoms with Gasteiger partial charge < -0.3 is 9.64 Å². The van der Waals surface area contributed by atoms with E-state index in [1.54, 1.807) is 37.1 Å². The molecule has 1 aliphatic heterocycles. The van der Waals surface area contributed by atoms with Crippen molar-refractivity contribution < 1.29 is 14.3 Å². The summed E-state index contributed by atoms with van der Waals surface area (Å²) in [4.78, 5) is 24.8. The molecule has 0 fully saturated rings. The minimum absolute atomic E-state index is 0.0266. The molecule has 1 aromatic carbocycles. The fraction of sp³-hybridized carbons (Fsp3) is 0.385. The summed E-state index contributed by atoms with van der Waals surface area (Å²) in [6, 6.07) is 5.29. The van der Waals surface area contributed by atoms with Gasteiger partial charge >= 0.3 is 5.97 Å². The Labute approximate surface area is 110 Å². The summed E-state index contributed by atoms with van der Waals surface area (Å²) in [6.07, 6.45) is 0. The van der Waals surface area contributed by atoms with E-state index >= 15 is 0 Å². The predicted octanol–water partition coefficient (Wildman–Crippen LogP) is 2.14. The molecule has 1 atom stereocenters. The van der Waals surface area contributed by atoms with Crippen LogP contribution in [0.15, 0.2) is 18.2 Å². The second kappa shape index (κ2) is 4.28. The Balaban J connectivity index is 2.46. The predicted molar refractivity (Wildman–Crippen MR) is 68.8 cm³/mol. The van der Waals surface area contributed by atoms with Crippen LogP contribution in [0.25, 0.3) is 0 Å². The second-order valence-electron chi connectivity index (χ2n) is 4.64. The molecule has 5 heteroatoms. The van der Waals surface area contributed by atoms with Crippen LogP contribution in [0.4, 0.5) is 5.69 Å². The van der Waals surface area contributed by atoms with Crippen molar-refractivity contribution in [3.8, 4) is 0 Å². The first-order valence-corrected chi connectivity index (χ1v) is 5.95. The number of likely N-dealkylation sites (N-methyl/N-ethyl adjacent to an activating group) is 1. The van der Waals surface area contributed by atoms with Crippen LogP contribution in [0.2, 0.25) is 5.02 Å². The Bertz CT molecular complexity index is 529. The Hall–Kier alpha value is -1.55. The lowest BCUT2D eigenvalue weighted by Gasteiger charge is -2.22. The van der Waals surface area contributed by atoms with Crippen LogP contribution in [0, 0.1) is 0 Å². The Morgan fingerprint density at radius 2 is 2.17 bits per heavy atom. The van der Waals surface area contributed by atoms with Crippen molar-refractivity contribution in [3.05, 3.63) is 28.8 Å². The molecular formula is C13H14ClNO3. The number of esters is 1. The number of ether oxygens (including phenoxy) is 1. The van der Waals surface area contributed by atoms with Gasteiger partial charge in [0, 0.05) is 24.7 Å². The molecular weight excluding hydrogens is 254 g/mol. The lowest BCUT2D eigenvalue weighted by atomic mass is 9.84. The molecule has 1 heterocycles. The van der Waals surface area contributed by atoms with Gasteiger partial charge in [0.05, 0.1) is 0 Å². The van der Waals surface area contributed by atoms with E-state index in [1.807, 2.05) is 0 Å². The highest BCUT2D eigenvalue weighted by Crippen LogP contribution is 2.42. The van der Waals surface area contributed by atoms with Crippen LogP contribution in [0.1, 0.15) is 19.4 Å². The minimum Gasteiger partial charge on any atom is -0.464 e. The highest BCUT2D eigenvalue weighted by atomic mass is 35.5. The van der Waals surface area contributed by atoms with E-state index in [9.17, 15) is 9.59 Å². The summed E-state index contributed by atoms with van der Waals surface area (Å²) < 4.78 is 5.01. The van der Waals surface area contributed by atoms with Gasteiger partial charge in [0.25, 0.3) is 0 Å². The van der Waals surface area contributed by atoms with Gasteiger partial charge in [-0.1, -0.05) is 11.6 Å². The fourth-order valence-corrected chi connectivity index (χ4v) is 2.40. The summed E-state index contributed by atoms with van der Waals surface area (Å²) >= 11 is 5.97. The molecule has 0 saturated heterocycles. The van der Waals surface area contributed by atoms with Gasteiger partial charge in [-0.25, -0.2) is 0 Å². The average Bonchev–Trinajstić information content (AvgIpc) is 2.50. The van der Waals surface area contributed by atoms with E-state index < -0.39 is 11.4 Å². The molecule has 18 heavy (non-hydrogen) atoms. The maximum absolute atomic E-state index is 12.3. The number of carbonyl (C=O) groups excluding carboxylic acids is 2. The maximum Gasteiger partial charge on any atom is 0.302 e. The molecule has 0 aliphatic carbocycles. The number of halogens is 1. The Kier molecular flexibility index (Phi) is 3.07. The first-order valence-electron chi connectivity index (χ1n) is 5.58. The van der Waals surface area contributed by atoms with Gasteiger partial charge in [0.2, 0.25) is 5.91 Å². The van der Waals surface area contributed by atoms with Crippen LogP contribution >= 0.6 is 11.6 Å². The van der Waals surface area contributed by atoms with E-state index in [1.165, 1.54) is 6.92 Å². The number of nitrogens with zero attached hydrogens (tertiary/aromatic N) is 1. The average molecular weight is 268 g/mol. The number of carbonyl (C=O) groups is 2. The third-order valence-corrected chi connectivity index (χ3v) is 3.49. The number of fused-ring (bicyclic) bond motifs is 1. The summed E-state index contributed by atoms with van der Waals surface area (Å²) in [7, 11) is 1.70. The molecule has 4 nitrogen and oxygen atoms in total. The molecule has 1 aromatic rings. The molecule has 2 rings (SSSR count). The highest BCUT2D eigenvalue weighted by Gasteiger charge is 2.47. The van der Waals surface area contributed by atoms with Crippen molar-refractivity contribution in [3.63, 3.8) is 0 Å². The molecule has 0 aromatic heterocycles. The zero-order valence-corrected chi connectivity index (χ0v) is 11.2. The van der Waals surface area contributed by atoms with E-state index in [2.05, 4.69) is 0 Å². The van der Waals surface area contributed by atoms with E-state index in [-0.39, 0.29) is 12.5 Å². The third kappa shape index (κ3) is 1.86. The number of hydrogen-bond acceptors (Lipinski definition) is 3. The summed E-state index contributed by atoms with van der Waals surface area (Å²) in [5.41, 5.74) is 0.739. The van der Waals surface area contributed by atoms with Crippen LogP contribution in [-0.4, -0.2) is 25.5 Å². The molecule has 96 valence electrons. The summed E-state index contributed by atoms with van der Waals surface area (Å²) in [6.45, 7) is 3.11. The number of hydrogen-bond donors (Lipinski definition) is 0. The quantitative estimate of drug-likeness (QED) is 0.772. The van der Waals surface area contributed by atoms with Crippen LogP contribution in [0.3, 0.4) is 0 Å². The van der Waals surface area contributed by atoms with Crippen molar-refractivity contribution in [2.45, 2.75) is 19.3 Å². The number of amides is 1. The Morgan fingerprint density at radius 3 is 2.78 bits per heavy atom. The number of anilines is 1. The van der Waals surface area contributed by atoms with Crippen molar-refractivity contribution in [2.75, 3.05) is 18.6 Å². The van der Waals surface area contributed by atoms with E-state index in [0.29, 0.717) is 5.02 Å². The van der Waals surface area contributed by atoms with Crippen molar-refractivity contribution >= 4 is 29.2 Å². The summed E-state index contributed by atoms with van der Waals surface area (Å²) in [5.74, 6) is -0.497. The molecule has 1 aliphatic rings. The number of rotatable bonds is 2. The highest BCUT2D eigenvalue weighted by molar-refractivity contribution is 6.31. The topological polar surface area (TPSA) is 46.6 Å². The van der Waals surface area contributed by atoms with Gasteiger partial charge in [-0.3, -0.25) is 9.59 Å². The fourth-order valence-electron chi connectivity index (χ4n) is 2.22. The van der Waals surface area contributed by atoms with Gasteiger partial charge in [0.15, 0.2) is 0 Å². The van der Waals surface area contributed by atoms with Crippen LogP contribution in [-0.2, 0) is 19.7 Å². The maximum atomic E-state index is 12.3. The molecule has 0 N–H and O–H groups in total. The zero-order chi connectivity index (χ0) is 13.5. The zero-order valence-electron chi connectivity index (χ0n) is 10.5. The van der Waals surface area contributed by atoms with E-state index in [0.717, 1.165) is 11.3 Å². The molecule has 0 radical (unpaired) electrons. The van der Waals surface area contributed by atoms with Crippen LogP contribution in [0.5, 0.6) is 0 Å². The summed E-state index contributed by atoms with van der Waals surface area (Å²) in [5, 5.41) is 0.561. The van der Waals surface area contributed by atoms with Gasteiger partial charge in [-0.2, -0.15) is 0 Å². The normalized spacial score (nSPS) is 22.0. The van der Waals surface area contributed by atoms with Crippen molar-refractivity contribution in [1.82, 2.24) is 0 Å². The third-order valence-electron chi connectivity index (χ3n) is 3.26. The lowest BCUT2D eigenvalue weighted by Crippen LogP contribution is -2.40. The van der Waals surface area contributed by atoms with E-state index in [4.69, 9.17) is 16.3 Å². The first-order chi connectivity index (χ1) is 8.36. The van der Waals surface area contributed by atoms with Gasteiger partial charge in [-0.15, -0.1) is 0 Å².